The summed E-state index contributed by atoms with van der Waals surface area (Å²) in [6.45, 7) is 4.12. The zero-order valence-corrected chi connectivity index (χ0v) is 12.6. The Morgan fingerprint density at radius 3 is 2.60 bits per heavy atom. The minimum Gasteiger partial charge on any atom is -0.481 e. The molecule has 20 heavy (non-hydrogen) atoms. The summed E-state index contributed by atoms with van der Waals surface area (Å²) in [5.41, 5.74) is 0. The quantitative estimate of drug-likeness (QED) is 0.813. The fourth-order valence-electron chi connectivity index (χ4n) is 3.91. The van der Waals surface area contributed by atoms with Crippen LogP contribution in [0, 0.1) is 17.8 Å². The van der Waals surface area contributed by atoms with E-state index in [9.17, 15) is 14.7 Å². The van der Waals surface area contributed by atoms with E-state index in [1.54, 1.807) is 11.9 Å². The molecule has 2 aliphatic rings. The summed E-state index contributed by atoms with van der Waals surface area (Å²) in [5.74, 6) is -0.555. The van der Waals surface area contributed by atoms with Crippen LogP contribution in [0.15, 0.2) is 0 Å². The normalized spacial score (nSPS) is 33.0. The Morgan fingerprint density at radius 1 is 1.35 bits per heavy atom. The number of hydrogen-bond donors (Lipinski definition) is 2. The van der Waals surface area contributed by atoms with Crippen LogP contribution in [0.5, 0.6) is 0 Å². The first-order valence-electron chi connectivity index (χ1n) is 7.71. The molecular formula is C15H26N2O3. The molecule has 0 aliphatic heterocycles. The molecule has 2 amide bonds. The van der Waals surface area contributed by atoms with E-state index in [1.165, 1.54) is 0 Å². The number of fused-ring (bicyclic) bond motifs is 2. The molecule has 2 rings (SSSR count). The molecule has 5 atom stereocenters. The topological polar surface area (TPSA) is 69.6 Å². The van der Waals surface area contributed by atoms with Crippen molar-refractivity contribution < 1.29 is 14.7 Å². The van der Waals surface area contributed by atoms with Crippen LogP contribution in [0.1, 0.15) is 46.0 Å². The Balaban J connectivity index is 1.98. The van der Waals surface area contributed by atoms with Gasteiger partial charge in [0.1, 0.15) is 0 Å². The standard InChI is InChI=1S/C15H26N2O3/c1-4-5-9(2)17(3)15(20)16-13-11-7-6-10(8-11)12(13)14(18)19/h9-13H,4-8H2,1-3H3,(H,16,20)(H,18,19). The van der Waals surface area contributed by atoms with Crippen molar-refractivity contribution in [1.29, 1.82) is 0 Å². The lowest BCUT2D eigenvalue weighted by molar-refractivity contribution is -0.144. The molecule has 0 radical (unpaired) electrons. The number of nitrogens with zero attached hydrogens (tertiary/aromatic N) is 1. The van der Waals surface area contributed by atoms with Crippen LogP contribution in [0.2, 0.25) is 0 Å². The highest BCUT2D eigenvalue weighted by Crippen LogP contribution is 2.48. The summed E-state index contributed by atoms with van der Waals surface area (Å²) in [5, 5.41) is 12.4. The van der Waals surface area contributed by atoms with Gasteiger partial charge in [0, 0.05) is 19.1 Å². The van der Waals surface area contributed by atoms with Gasteiger partial charge in [-0.25, -0.2) is 4.79 Å². The van der Waals surface area contributed by atoms with Gasteiger partial charge in [0.15, 0.2) is 0 Å². The van der Waals surface area contributed by atoms with Crippen molar-refractivity contribution in [2.75, 3.05) is 7.05 Å². The van der Waals surface area contributed by atoms with Crippen LogP contribution in [-0.2, 0) is 4.79 Å². The predicted molar refractivity (Wildman–Crippen MR) is 76.4 cm³/mol. The third-order valence-electron chi connectivity index (χ3n) is 5.18. The molecule has 2 aliphatic carbocycles. The zero-order valence-electron chi connectivity index (χ0n) is 12.6. The maximum absolute atomic E-state index is 12.3. The minimum atomic E-state index is -0.758. The van der Waals surface area contributed by atoms with E-state index in [4.69, 9.17) is 0 Å². The fourth-order valence-corrected chi connectivity index (χ4v) is 3.91. The number of hydrogen-bond acceptors (Lipinski definition) is 2. The maximum atomic E-state index is 12.3. The summed E-state index contributed by atoms with van der Waals surface area (Å²) < 4.78 is 0. The highest BCUT2D eigenvalue weighted by molar-refractivity contribution is 5.77. The summed E-state index contributed by atoms with van der Waals surface area (Å²) in [4.78, 5) is 25.4. The van der Waals surface area contributed by atoms with Crippen LogP contribution in [0.4, 0.5) is 4.79 Å². The second kappa shape index (κ2) is 6.02. The number of rotatable bonds is 5. The molecule has 0 aromatic rings. The van der Waals surface area contributed by atoms with Gasteiger partial charge in [-0.15, -0.1) is 0 Å². The van der Waals surface area contributed by atoms with Crippen molar-refractivity contribution in [3.63, 3.8) is 0 Å². The third kappa shape index (κ3) is 2.76. The summed E-state index contributed by atoms with van der Waals surface area (Å²) in [7, 11) is 1.79. The minimum absolute atomic E-state index is 0.130. The average molecular weight is 282 g/mol. The number of carbonyl (C=O) groups excluding carboxylic acids is 1. The van der Waals surface area contributed by atoms with E-state index >= 15 is 0 Å². The van der Waals surface area contributed by atoms with Crippen molar-refractivity contribution in [2.45, 2.75) is 58.0 Å². The summed E-state index contributed by atoms with van der Waals surface area (Å²) >= 11 is 0. The SMILES string of the molecule is CCCC(C)N(C)C(=O)NC1C2CCC(C2)C1C(=O)O. The molecule has 2 N–H and O–H groups in total. The van der Waals surface area contributed by atoms with Gasteiger partial charge < -0.3 is 15.3 Å². The van der Waals surface area contributed by atoms with Gasteiger partial charge in [-0.2, -0.15) is 0 Å². The van der Waals surface area contributed by atoms with Crippen molar-refractivity contribution >= 4 is 12.0 Å². The van der Waals surface area contributed by atoms with Crippen LogP contribution < -0.4 is 5.32 Å². The molecule has 0 aromatic carbocycles. The first-order valence-corrected chi connectivity index (χ1v) is 7.71. The number of urea groups is 1. The molecule has 5 heteroatoms. The Morgan fingerprint density at radius 2 is 2.00 bits per heavy atom. The Kier molecular flexibility index (Phi) is 4.55. The van der Waals surface area contributed by atoms with E-state index in [-0.39, 0.29) is 24.0 Å². The van der Waals surface area contributed by atoms with Gasteiger partial charge in [-0.05, 0) is 44.4 Å². The first-order chi connectivity index (χ1) is 9.45. The number of carbonyl (C=O) groups is 2. The number of nitrogens with one attached hydrogen (secondary N) is 1. The molecule has 0 spiro atoms. The molecule has 2 fully saturated rings. The summed E-state index contributed by atoms with van der Waals surface area (Å²) in [6.07, 6.45) is 4.99. The molecule has 5 nitrogen and oxygen atoms in total. The molecule has 2 bridgehead atoms. The van der Waals surface area contributed by atoms with Crippen molar-refractivity contribution in [3.8, 4) is 0 Å². The summed E-state index contributed by atoms with van der Waals surface area (Å²) in [6, 6.07) is -0.133. The number of aliphatic carboxylic acids is 1. The van der Waals surface area contributed by atoms with E-state index in [2.05, 4.69) is 12.2 Å². The van der Waals surface area contributed by atoms with Gasteiger partial charge in [0.2, 0.25) is 0 Å². The van der Waals surface area contributed by atoms with Crippen LogP contribution in [0.25, 0.3) is 0 Å². The van der Waals surface area contributed by atoms with E-state index in [0.29, 0.717) is 5.92 Å². The second-order valence-corrected chi connectivity index (χ2v) is 6.42. The first kappa shape index (κ1) is 15.1. The van der Waals surface area contributed by atoms with Crippen molar-refractivity contribution in [2.24, 2.45) is 17.8 Å². The number of carboxylic acid groups (broad SMARTS) is 1. The van der Waals surface area contributed by atoms with E-state index in [1.807, 2.05) is 6.92 Å². The van der Waals surface area contributed by atoms with E-state index < -0.39 is 11.9 Å². The molecule has 5 unspecified atom stereocenters. The van der Waals surface area contributed by atoms with Gasteiger partial charge in [-0.1, -0.05) is 13.3 Å². The fraction of sp³-hybridized carbons (Fsp3) is 0.867. The van der Waals surface area contributed by atoms with Crippen LogP contribution >= 0.6 is 0 Å². The molecule has 0 saturated heterocycles. The van der Waals surface area contributed by atoms with Gasteiger partial charge >= 0.3 is 12.0 Å². The smallest absolute Gasteiger partial charge is 0.317 e. The van der Waals surface area contributed by atoms with E-state index in [0.717, 1.165) is 32.1 Å². The Bertz CT molecular complexity index is 385. The third-order valence-corrected chi connectivity index (χ3v) is 5.18. The highest BCUT2D eigenvalue weighted by atomic mass is 16.4. The molecular weight excluding hydrogens is 256 g/mol. The highest BCUT2D eigenvalue weighted by Gasteiger charge is 2.51. The monoisotopic (exact) mass is 282 g/mol. The molecule has 0 aromatic heterocycles. The zero-order chi connectivity index (χ0) is 14.9. The predicted octanol–water partition coefficient (Wildman–Crippen LogP) is 2.32. The van der Waals surface area contributed by atoms with Crippen LogP contribution in [-0.4, -0.2) is 41.1 Å². The molecule has 2 saturated carbocycles. The van der Waals surface area contributed by atoms with Gasteiger partial charge in [0.05, 0.1) is 5.92 Å². The lowest BCUT2D eigenvalue weighted by atomic mass is 9.84. The average Bonchev–Trinajstić information content (AvgIpc) is 2.98. The largest absolute Gasteiger partial charge is 0.481 e. The lowest BCUT2D eigenvalue weighted by Crippen LogP contribution is -2.52. The maximum Gasteiger partial charge on any atom is 0.317 e. The van der Waals surface area contributed by atoms with Crippen molar-refractivity contribution in [3.05, 3.63) is 0 Å². The second-order valence-electron chi connectivity index (χ2n) is 6.42. The molecule has 0 heterocycles. The lowest BCUT2D eigenvalue weighted by Gasteiger charge is -2.32. The Hall–Kier alpha value is -1.26. The Labute approximate surface area is 120 Å². The molecule has 114 valence electrons. The van der Waals surface area contributed by atoms with Gasteiger partial charge in [-0.3, -0.25) is 4.79 Å². The van der Waals surface area contributed by atoms with Crippen LogP contribution in [0.3, 0.4) is 0 Å². The number of carboxylic acids is 1. The van der Waals surface area contributed by atoms with Crippen molar-refractivity contribution in [1.82, 2.24) is 10.2 Å². The number of amides is 2. The van der Waals surface area contributed by atoms with Gasteiger partial charge in [0.25, 0.3) is 0 Å².